The summed E-state index contributed by atoms with van der Waals surface area (Å²) in [7, 11) is 1.68. The van der Waals surface area contributed by atoms with Crippen LogP contribution < -0.4 is 25.4 Å². The molecule has 0 radical (unpaired) electrons. The molecule has 4 aliphatic heterocycles. The first-order chi connectivity index (χ1) is 34.4. The number of benzene rings is 4. The molecule has 2 atom stereocenters. The van der Waals surface area contributed by atoms with E-state index in [2.05, 4.69) is 40.6 Å². The minimum absolute atomic E-state index is 0.0865. The molecule has 72 heavy (non-hydrogen) atoms. The van der Waals surface area contributed by atoms with E-state index in [0.717, 1.165) is 22.1 Å². The first-order valence-corrected chi connectivity index (χ1v) is 28.1. The van der Waals surface area contributed by atoms with Gasteiger partial charge in [-0.25, -0.2) is 33.2 Å². The maximum atomic E-state index is 14.0. The van der Waals surface area contributed by atoms with Crippen LogP contribution >= 0.6 is 22.7 Å². The molecule has 0 unspecified atom stereocenters. The number of amides is 8. The van der Waals surface area contributed by atoms with Crippen LogP contribution in [0.25, 0.3) is 22.5 Å². The van der Waals surface area contributed by atoms with Gasteiger partial charge in [0.05, 0.1) is 38.7 Å². The number of nitrogens with one attached hydrogen (secondary N) is 3. The standard InChI is InChI=1S/C28H31FN4O5SSi.C22H17FN4O4S/c1-37-21-10-7-19-14-32(24(34)22(19)13-21)16-28(25-30-23(15-39-25)18-5-8-20(29)9-6-18)26(35)33(27(36)31-28)17-38-11-12-40(2,3)4;1-31-15-7-4-13-9-27(18(28)16(13)8-15)11-22(19(29)25-21(30)26-22)20-24-17(10-32-20)12-2-5-14(23)6-3-12/h5-10,13,15H,11-12,14,16-17H2,1-4H3,(H,31,36);2-8,10H,9,11H2,1H3,(H2,25,26,29,30)/t28-;22-/m01/s1. The van der Waals surface area contributed by atoms with E-state index in [9.17, 15) is 37.5 Å². The molecule has 6 heterocycles. The number of carbonyl (C=O) groups is 6. The molecule has 0 spiro atoms. The lowest BCUT2D eigenvalue weighted by atomic mass is 9.99. The Balaban J connectivity index is 0.000000182. The van der Waals surface area contributed by atoms with Crippen LogP contribution in [-0.2, 0) is 38.5 Å². The summed E-state index contributed by atoms with van der Waals surface area (Å²) in [5, 5.41) is 11.9. The topological polar surface area (TPSA) is 202 Å². The van der Waals surface area contributed by atoms with Crippen LogP contribution in [0.15, 0.2) is 95.7 Å². The Morgan fingerprint density at radius 1 is 0.667 bits per heavy atom. The van der Waals surface area contributed by atoms with E-state index in [4.69, 9.17) is 19.2 Å². The lowest BCUT2D eigenvalue weighted by Crippen LogP contribution is -2.53. The minimum Gasteiger partial charge on any atom is -0.497 e. The summed E-state index contributed by atoms with van der Waals surface area (Å²) in [5.41, 5.74) is 1.87. The van der Waals surface area contributed by atoms with Crippen molar-refractivity contribution in [3.8, 4) is 34.0 Å². The van der Waals surface area contributed by atoms with Gasteiger partial charge in [-0.3, -0.25) is 24.5 Å². The van der Waals surface area contributed by atoms with E-state index in [-0.39, 0.29) is 49.8 Å². The normalized spacial score (nSPS) is 19.2. The molecule has 2 aromatic heterocycles. The summed E-state index contributed by atoms with van der Waals surface area (Å²) in [6, 6.07) is 21.8. The number of ether oxygens (including phenoxy) is 3. The lowest BCUT2D eigenvalue weighted by molar-refractivity contribution is -0.135. The molecule has 4 aliphatic rings. The predicted octanol–water partition coefficient (Wildman–Crippen LogP) is 7.32. The maximum absolute atomic E-state index is 14.0. The number of urea groups is 2. The number of imide groups is 2. The van der Waals surface area contributed by atoms with Gasteiger partial charge in [0.1, 0.15) is 39.9 Å². The molecule has 6 aromatic rings. The van der Waals surface area contributed by atoms with Gasteiger partial charge >= 0.3 is 12.1 Å². The van der Waals surface area contributed by atoms with Crippen molar-refractivity contribution < 1.29 is 51.8 Å². The summed E-state index contributed by atoms with van der Waals surface area (Å²) in [6.45, 7) is 7.26. The van der Waals surface area contributed by atoms with Gasteiger partial charge in [-0.15, -0.1) is 22.7 Å². The Hall–Kier alpha value is -7.40. The van der Waals surface area contributed by atoms with Crippen LogP contribution in [0.3, 0.4) is 0 Å². The highest BCUT2D eigenvalue weighted by atomic mass is 32.1. The average Bonchev–Trinajstić information content (AvgIpc) is 4.23. The van der Waals surface area contributed by atoms with Crippen molar-refractivity contribution >= 4 is 66.4 Å². The highest BCUT2D eigenvalue weighted by molar-refractivity contribution is 7.10. The molecule has 0 saturated carbocycles. The molecular formula is C50H48F2N8O9S2Si. The van der Waals surface area contributed by atoms with Crippen molar-refractivity contribution in [1.82, 2.24) is 40.6 Å². The fourth-order valence-electron chi connectivity index (χ4n) is 8.63. The van der Waals surface area contributed by atoms with E-state index in [0.29, 0.717) is 68.3 Å². The van der Waals surface area contributed by atoms with Gasteiger partial charge in [0, 0.05) is 60.8 Å². The predicted molar refractivity (Wildman–Crippen MR) is 265 cm³/mol. The number of hydrogen-bond donors (Lipinski definition) is 3. The largest absolute Gasteiger partial charge is 0.497 e. The monoisotopic (exact) mass is 1030 g/mol. The lowest BCUT2D eigenvalue weighted by Gasteiger charge is -2.29. The molecular weight excluding hydrogens is 987 g/mol. The second-order valence-electron chi connectivity index (χ2n) is 18.7. The first-order valence-electron chi connectivity index (χ1n) is 22.6. The van der Waals surface area contributed by atoms with Crippen molar-refractivity contribution in [3.05, 3.63) is 140 Å². The Kier molecular flexibility index (Phi) is 13.5. The van der Waals surface area contributed by atoms with Gasteiger partial charge in [-0.1, -0.05) is 31.8 Å². The van der Waals surface area contributed by atoms with Gasteiger partial charge in [0.15, 0.2) is 11.1 Å². The van der Waals surface area contributed by atoms with E-state index >= 15 is 0 Å². The molecule has 0 aliphatic carbocycles. The zero-order valence-electron chi connectivity index (χ0n) is 39.7. The number of thiazole rings is 2. The summed E-state index contributed by atoms with van der Waals surface area (Å²) >= 11 is 2.39. The number of halogens is 2. The summed E-state index contributed by atoms with van der Waals surface area (Å²) in [5.74, 6) is -1.27. The highest BCUT2D eigenvalue weighted by Gasteiger charge is 2.57. The van der Waals surface area contributed by atoms with Crippen LogP contribution in [-0.4, -0.2) is 109 Å². The van der Waals surface area contributed by atoms with Crippen molar-refractivity contribution in [2.24, 2.45) is 0 Å². The Morgan fingerprint density at radius 2 is 1.15 bits per heavy atom. The van der Waals surface area contributed by atoms with Crippen LogP contribution in [0.5, 0.6) is 11.5 Å². The molecule has 0 bridgehead atoms. The number of hydrogen-bond acceptors (Lipinski definition) is 13. The maximum Gasteiger partial charge on any atom is 0.327 e. The quantitative estimate of drug-likeness (QED) is 0.0529. The van der Waals surface area contributed by atoms with E-state index < -0.39 is 43.0 Å². The van der Waals surface area contributed by atoms with E-state index in [1.54, 1.807) is 59.3 Å². The van der Waals surface area contributed by atoms with Gasteiger partial charge < -0.3 is 34.6 Å². The van der Waals surface area contributed by atoms with Crippen molar-refractivity contribution in [2.45, 2.75) is 49.9 Å². The third kappa shape index (κ3) is 9.69. The Morgan fingerprint density at radius 3 is 1.61 bits per heavy atom. The molecule has 10 rings (SSSR count). The molecule has 17 nitrogen and oxygen atoms in total. The molecule has 2 fully saturated rings. The smallest absolute Gasteiger partial charge is 0.327 e. The van der Waals surface area contributed by atoms with Crippen molar-refractivity contribution in [2.75, 3.05) is 40.6 Å². The number of methoxy groups -OCH3 is 2. The molecule has 8 amide bonds. The zero-order chi connectivity index (χ0) is 51.1. The SMILES string of the molecule is COc1ccc2c(c1)C(=O)N(C[C@@]1(c3nc(-c4ccc(F)cc4)cs3)NC(=O)N(COCC[Si](C)(C)C)C1=O)C2.COc1ccc2c(c1)C(=O)N(C[C@@]1(c3nc(-c4ccc(F)cc4)cs3)NC(=O)NC1=O)C2. The van der Waals surface area contributed by atoms with Gasteiger partial charge in [0.2, 0.25) is 0 Å². The second kappa shape index (κ2) is 19.7. The Bertz CT molecular complexity index is 3130. The number of rotatable bonds is 15. The van der Waals surface area contributed by atoms with Gasteiger partial charge in [0.25, 0.3) is 23.6 Å². The molecule has 2 saturated heterocycles. The second-order valence-corrected chi connectivity index (χ2v) is 26.0. The number of aromatic nitrogens is 2. The fourth-order valence-corrected chi connectivity index (χ4v) is 11.3. The van der Waals surface area contributed by atoms with Crippen molar-refractivity contribution in [3.63, 3.8) is 0 Å². The van der Waals surface area contributed by atoms with Crippen LogP contribution in [0.4, 0.5) is 18.4 Å². The van der Waals surface area contributed by atoms with E-state index in [1.807, 2.05) is 12.1 Å². The molecule has 22 heteroatoms. The van der Waals surface area contributed by atoms with Crippen LogP contribution in [0, 0.1) is 11.6 Å². The third-order valence-electron chi connectivity index (χ3n) is 12.6. The molecule has 372 valence electrons. The van der Waals surface area contributed by atoms with Crippen LogP contribution in [0.1, 0.15) is 41.9 Å². The average molecular weight is 1040 g/mol. The van der Waals surface area contributed by atoms with Crippen LogP contribution in [0.2, 0.25) is 25.7 Å². The number of carbonyl (C=O) groups excluding carboxylic acids is 6. The fraction of sp³-hybridized carbons (Fsp3) is 0.280. The van der Waals surface area contributed by atoms with E-state index in [1.165, 1.54) is 71.0 Å². The minimum atomic E-state index is -1.61. The highest BCUT2D eigenvalue weighted by Crippen LogP contribution is 2.39. The van der Waals surface area contributed by atoms with Crippen molar-refractivity contribution in [1.29, 1.82) is 0 Å². The summed E-state index contributed by atoms with van der Waals surface area (Å²) < 4.78 is 43.0. The Labute approximate surface area is 421 Å². The summed E-state index contributed by atoms with van der Waals surface area (Å²) in [4.78, 5) is 92.0. The number of fused-ring (bicyclic) bond motifs is 2. The first kappa shape index (κ1) is 49.6. The number of nitrogens with zero attached hydrogens (tertiary/aromatic N) is 5. The van der Waals surface area contributed by atoms with Gasteiger partial charge in [-0.2, -0.15) is 0 Å². The molecule has 4 aromatic carbocycles. The summed E-state index contributed by atoms with van der Waals surface area (Å²) in [6.07, 6.45) is 0. The zero-order valence-corrected chi connectivity index (χ0v) is 42.3. The van der Waals surface area contributed by atoms with Gasteiger partial charge in [-0.05, 0) is 90.0 Å². The molecule has 3 N–H and O–H groups in total. The third-order valence-corrected chi connectivity index (χ3v) is 16.3.